The lowest BCUT2D eigenvalue weighted by atomic mass is 9.74. The van der Waals surface area contributed by atoms with Crippen LogP contribution in [-0.2, 0) is 4.79 Å². The van der Waals surface area contributed by atoms with Crippen molar-refractivity contribution in [1.29, 1.82) is 0 Å². The van der Waals surface area contributed by atoms with Crippen molar-refractivity contribution in [2.75, 3.05) is 19.7 Å². The van der Waals surface area contributed by atoms with Crippen LogP contribution in [0.3, 0.4) is 0 Å². The highest BCUT2D eigenvalue weighted by Crippen LogP contribution is 2.37. The van der Waals surface area contributed by atoms with Gasteiger partial charge in [0, 0.05) is 26.1 Å². The Labute approximate surface area is 120 Å². The fraction of sp³-hybridized carbons (Fsp3) is 0.857. The smallest absolute Gasteiger partial charge is 0.326 e. The van der Waals surface area contributed by atoms with Gasteiger partial charge in [-0.25, -0.2) is 9.59 Å². The molecular formula is C14H26N2O4. The molecule has 1 aliphatic rings. The predicted octanol–water partition coefficient (Wildman–Crippen LogP) is 1.43. The molecule has 0 aromatic carbocycles. The molecule has 1 fully saturated rings. The number of nitrogens with zero attached hydrogens (tertiary/aromatic N) is 1. The topological polar surface area (TPSA) is 89.9 Å². The van der Waals surface area contributed by atoms with Crippen LogP contribution >= 0.6 is 0 Å². The number of likely N-dealkylation sites (tertiary alicyclic amines) is 1. The van der Waals surface area contributed by atoms with Gasteiger partial charge in [-0.05, 0) is 18.3 Å². The van der Waals surface area contributed by atoms with E-state index in [2.05, 4.69) is 19.2 Å². The van der Waals surface area contributed by atoms with Gasteiger partial charge in [-0.1, -0.05) is 26.7 Å². The Morgan fingerprint density at radius 3 is 2.20 bits per heavy atom. The SMILES string of the molecule is CCC1(CC)CCN(C(=O)N[C@@H](CCO)C(=O)O)CC1. The van der Waals surface area contributed by atoms with E-state index in [0.717, 1.165) is 25.7 Å². The van der Waals surface area contributed by atoms with Crippen molar-refractivity contribution >= 4 is 12.0 Å². The summed E-state index contributed by atoms with van der Waals surface area (Å²) in [6, 6.07) is -1.36. The molecule has 1 heterocycles. The number of carbonyl (C=O) groups is 2. The number of aliphatic hydroxyl groups is 1. The van der Waals surface area contributed by atoms with E-state index in [-0.39, 0.29) is 19.1 Å². The number of piperidine rings is 1. The molecule has 0 radical (unpaired) electrons. The first-order valence-electron chi connectivity index (χ1n) is 7.37. The van der Waals surface area contributed by atoms with E-state index < -0.39 is 12.0 Å². The molecule has 6 nitrogen and oxygen atoms in total. The molecular weight excluding hydrogens is 260 g/mol. The van der Waals surface area contributed by atoms with Crippen LogP contribution in [-0.4, -0.2) is 52.9 Å². The number of nitrogens with one attached hydrogen (secondary N) is 1. The van der Waals surface area contributed by atoms with Gasteiger partial charge in [-0.3, -0.25) is 0 Å². The van der Waals surface area contributed by atoms with E-state index in [1.807, 2.05) is 0 Å². The number of urea groups is 1. The van der Waals surface area contributed by atoms with Gasteiger partial charge in [0.1, 0.15) is 6.04 Å². The first kappa shape index (κ1) is 16.8. The third-order valence-electron chi connectivity index (χ3n) is 4.62. The van der Waals surface area contributed by atoms with Crippen molar-refractivity contribution in [3.63, 3.8) is 0 Å². The summed E-state index contributed by atoms with van der Waals surface area (Å²) in [5, 5.41) is 20.3. The quantitative estimate of drug-likeness (QED) is 0.689. The van der Waals surface area contributed by atoms with Gasteiger partial charge < -0.3 is 20.4 Å². The summed E-state index contributed by atoms with van der Waals surface area (Å²) in [5.41, 5.74) is 0.327. The summed E-state index contributed by atoms with van der Waals surface area (Å²) in [7, 11) is 0. The highest BCUT2D eigenvalue weighted by atomic mass is 16.4. The van der Waals surface area contributed by atoms with Crippen molar-refractivity contribution in [1.82, 2.24) is 10.2 Å². The van der Waals surface area contributed by atoms with Crippen LogP contribution in [0, 0.1) is 5.41 Å². The highest BCUT2D eigenvalue weighted by Gasteiger charge is 2.33. The number of carbonyl (C=O) groups excluding carboxylic acids is 1. The Hall–Kier alpha value is -1.30. The van der Waals surface area contributed by atoms with Crippen LogP contribution in [0.5, 0.6) is 0 Å². The molecule has 0 bridgehead atoms. The maximum Gasteiger partial charge on any atom is 0.326 e. The number of aliphatic carboxylic acids is 1. The molecule has 1 saturated heterocycles. The van der Waals surface area contributed by atoms with Gasteiger partial charge in [0.25, 0.3) is 0 Å². The van der Waals surface area contributed by atoms with Gasteiger partial charge in [0.15, 0.2) is 0 Å². The zero-order valence-corrected chi connectivity index (χ0v) is 12.4. The van der Waals surface area contributed by atoms with Gasteiger partial charge in [-0.2, -0.15) is 0 Å². The normalized spacial score (nSPS) is 19.4. The molecule has 2 amide bonds. The third-order valence-corrected chi connectivity index (χ3v) is 4.62. The Morgan fingerprint density at radius 1 is 1.25 bits per heavy atom. The van der Waals surface area contributed by atoms with Crippen LogP contribution in [0.4, 0.5) is 4.79 Å². The number of hydrogen-bond acceptors (Lipinski definition) is 3. The predicted molar refractivity (Wildman–Crippen MR) is 75.5 cm³/mol. The lowest BCUT2D eigenvalue weighted by molar-refractivity contribution is -0.139. The maximum absolute atomic E-state index is 12.0. The highest BCUT2D eigenvalue weighted by molar-refractivity contribution is 5.82. The summed E-state index contributed by atoms with van der Waals surface area (Å²) >= 11 is 0. The Kier molecular flexibility index (Phi) is 6.26. The van der Waals surface area contributed by atoms with Crippen molar-refractivity contribution < 1.29 is 19.8 Å². The molecule has 3 N–H and O–H groups in total. The molecule has 0 aromatic heterocycles. The number of amides is 2. The Balaban J connectivity index is 2.52. The third kappa shape index (κ3) is 4.10. The van der Waals surface area contributed by atoms with Crippen molar-refractivity contribution in [3.05, 3.63) is 0 Å². The summed E-state index contributed by atoms with van der Waals surface area (Å²) < 4.78 is 0. The first-order valence-corrected chi connectivity index (χ1v) is 7.37. The van der Waals surface area contributed by atoms with Crippen LogP contribution < -0.4 is 5.32 Å². The van der Waals surface area contributed by atoms with E-state index in [0.29, 0.717) is 18.5 Å². The van der Waals surface area contributed by atoms with Crippen LogP contribution in [0.2, 0.25) is 0 Å². The molecule has 20 heavy (non-hydrogen) atoms. The maximum atomic E-state index is 12.0. The van der Waals surface area contributed by atoms with Crippen molar-refractivity contribution in [2.24, 2.45) is 5.41 Å². The molecule has 1 aliphatic heterocycles. The van der Waals surface area contributed by atoms with Crippen LogP contribution in [0.15, 0.2) is 0 Å². The first-order chi connectivity index (χ1) is 9.48. The molecule has 0 unspecified atom stereocenters. The molecule has 0 aliphatic carbocycles. The number of aliphatic hydroxyl groups excluding tert-OH is 1. The van der Waals surface area contributed by atoms with Crippen molar-refractivity contribution in [3.8, 4) is 0 Å². The van der Waals surface area contributed by atoms with E-state index in [1.165, 1.54) is 0 Å². The second-order valence-corrected chi connectivity index (χ2v) is 5.55. The summed E-state index contributed by atoms with van der Waals surface area (Å²) in [4.78, 5) is 24.7. The van der Waals surface area contributed by atoms with E-state index in [1.54, 1.807) is 4.90 Å². The summed E-state index contributed by atoms with van der Waals surface area (Å²) in [5.74, 6) is -1.11. The van der Waals surface area contributed by atoms with E-state index in [4.69, 9.17) is 10.2 Å². The average Bonchev–Trinajstić information content (AvgIpc) is 2.46. The Morgan fingerprint density at radius 2 is 1.80 bits per heavy atom. The Bertz CT molecular complexity index is 332. The van der Waals surface area contributed by atoms with E-state index in [9.17, 15) is 9.59 Å². The molecule has 0 saturated carbocycles. The fourth-order valence-corrected chi connectivity index (χ4v) is 2.77. The monoisotopic (exact) mass is 286 g/mol. The minimum atomic E-state index is -1.11. The van der Waals surface area contributed by atoms with Gasteiger partial charge in [0.2, 0.25) is 0 Å². The number of rotatable bonds is 6. The second-order valence-electron chi connectivity index (χ2n) is 5.55. The second kappa shape index (κ2) is 7.47. The van der Waals surface area contributed by atoms with Gasteiger partial charge in [0.05, 0.1) is 0 Å². The number of hydrogen-bond donors (Lipinski definition) is 3. The number of carboxylic acid groups (broad SMARTS) is 1. The lowest BCUT2D eigenvalue weighted by Gasteiger charge is -2.41. The zero-order valence-electron chi connectivity index (χ0n) is 12.4. The molecule has 0 aromatic rings. The molecule has 0 spiro atoms. The molecule has 1 atom stereocenters. The van der Waals surface area contributed by atoms with Crippen LogP contribution in [0.1, 0.15) is 46.0 Å². The molecule has 6 heteroatoms. The minimum Gasteiger partial charge on any atom is -0.480 e. The fourth-order valence-electron chi connectivity index (χ4n) is 2.77. The number of carboxylic acids is 1. The molecule has 116 valence electrons. The zero-order chi connectivity index (χ0) is 15.2. The minimum absolute atomic E-state index is 0.0305. The van der Waals surface area contributed by atoms with Gasteiger partial charge >= 0.3 is 12.0 Å². The largest absolute Gasteiger partial charge is 0.480 e. The van der Waals surface area contributed by atoms with Crippen LogP contribution in [0.25, 0.3) is 0 Å². The van der Waals surface area contributed by atoms with E-state index >= 15 is 0 Å². The lowest BCUT2D eigenvalue weighted by Crippen LogP contribution is -2.51. The summed E-state index contributed by atoms with van der Waals surface area (Å²) in [6.45, 7) is 5.44. The average molecular weight is 286 g/mol. The van der Waals surface area contributed by atoms with Gasteiger partial charge in [-0.15, -0.1) is 0 Å². The summed E-state index contributed by atoms with van der Waals surface area (Å²) in [6.07, 6.45) is 4.18. The standard InChI is InChI=1S/C14H26N2O4/c1-3-14(4-2)6-8-16(9-7-14)13(20)15-11(5-10-17)12(18)19/h11,17H,3-10H2,1-2H3,(H,15,20)(H,18,19)/t11-/m0/s1. The van der Waals surface area contributed by atoms with Crippen molar-refractivity contribution in [2.45, 2.75) is 52.0 Å². The molecule has 1 rings (SSSR count).